The zero-order valence-electron chi connectivity index (χ0n) is 38.1. The van der Waals surface area contributed by atoms with Gasteiger partial charge in [0.1, 0.15) is 11.2 Å². The molecule has 14 rings (SSSR count). The van der Waals surface area contributed by atoms with E-state index in [1.54, 1.807) is 0 Å². The van der Waals surface area contributed by atoms with Gasteiger partial charge in [0.15, 0.2) is 0 Å². The Hall–Kier alpha value is -8.76. The van der Waals surface area contributed by atoms with Gasteiger partial charge in [0, 0.05) is 53.3 Å². The first kappa shape index (κ1) is 40.3. The van der Waals surface area contributed by atoms with Crippen molar-refractivity contribution in [3.8, 4) is 44.5 Å². The number of rotatable bonds is 8. The Balaban J connectivity index is 1.12. The highest BCUT2D eigenvalue weighted by atomic mass is 32.1. The lowest BCUT2D eigenvalue weighted by Gasteiger charge is -2.35. The summed E-state index contributed by atoms with van der Waals surface area (Å²) in [7, 11) is 0. The normalized spacial score (nSPS) is 12.7. The molecule has 2 nitrogen and oxygen atoms in total. The molecule has 0 saturated heterocycles. The summed E-state index contributed by atoms with van der Waals surface area (Å²) in [5, 5.41) is 4.73. The van der Waals surface area contributed by atoms with Gasteiger partial charge in [-0.1, -0.05) is 212 Å². The van der Waals surface area contributed by atoms with Crippen LogP contribution in [-0.2, 0) is 5.41 Å². The second-order valence-electron chi connectivity index (χ2n) is 18.3. The molecule has 0 N–H and O–H groups in total. The largest absolute Gasteiger partial charge is 0.456 e. The van der Waals surface area contributed by atoms with E-state index in [-0.39, 0.29) is 0 Å². The number of hydrogen-bond acceptors (Lipinski definition) is 3. The summed E-state index contributed by atoms with van der Waals surface area (Å²) in [5.41, 5.74) is 18.8. The molecule has 0 bridgehead atoms. The second-order valence-corrected chi connectivity index (χ2v) is 19.3. The van der Waals surface area contributed by atoms with Crippen molar-refractivity contribution in [1.29, 1.82) is 0 Å². The second kappa shape index (κ2) is 16.2. The van der Waals surface area contributed by atoms with Gasteiger partial charge in [-0.2, -0.15) is 0 Å². The van der Waals surface area contributed by atoms with E-state index in [1.807, 2.05) is 17.4 Å². The Kier molecular flexibility index (Phi) is 9.33. The third-order valence-electron chi connectivity index (χ3n) is 14.6. The third kappa shape index (κ3) is 6.12. The SMILES string of the molecule is c1ccc(-c2cccc(-c3c(-c4cccc5c4sc4ccccc45)cccc3N(c3ccc4oc5ccccc5c4c3)c3cccc4c3-c3ccccc3C4(c3ccccc3)c3ccccc3)c2)cc1. The van der Waals surface area contributed by atoms with Crippen LogP contribution in [0.1, 0.15) is 22.3 Å². The Morgan fingerprint density at radius 2 is 0.900 bits per heavy atom. The van der Waals surface area contributed by atoms with E-state index in [0.29, 0.717) is 0 Å². The molecular formula is C67H43NOS. The van der Waals surface area contributed by atoms with Crippen molar-refractivity contribution in [3.63, 3.8) is 0 Å². The molecule has 2 aromatic heterocycles. The molecule has 0 atom stereocenters. The van der Waals surface area contributed by atoms with Crippen molar-refractivity contribution >= 4 is 70.5 Å². The first-order valence-electron chi connectivity index (χ1n) is 24.0. The van der Waals surface area contributed by atoms with Crippen LogP contribution in [0.5, 0.6) is 0 Å². The molecule has 1 aliphatic carbocycles. The molecule has 11 aromatic carbocycles. The zero-order valence-corrected chi connectivity index (χ0v) is 38.9. The van der Waals surface area contributed by atoms with Crippen molar-refractivity contribution in [2.45, 2.75) is 5.41 Å². The van der Waals surface area contributed by atoms with Crippen molar-refractivity contribution < 1.29 is 4.42 Å². The topological polar surface area (TPSA) is 16.4 Å². The lowest BCUT2D eigenvalue weighted by molar-refractivity contribution is 0.669. The fourth-order valence-electron chi connectivity index (χ4n) is 11.6. The predicted molar refractivity (Wildman–Crippen MR) is 295 cm³/mol. The lowest BCUT2D eigenvalue weighted by atomic mass is 9.68. The van der Waals surface area contributed by atoms with Gasteiger partial charge in [-0.3, -0.25) is 0 Å². The molecule has 0 fully saturated rings. The van der Waals surface area contributed by atoms with E-state index in [9.17, 15) is 0 Å². The lowest BCUT2D eigenvalue weighted by Crippen LogP contribution is -2.28. The van der Waals surface area contributed by atoms with E-state index in [1.165, 1.54) is 75.8 Å². The molecule has 0 saturated carbocycles. The molecule has 0 unspecified atom stereocenters. The molecule has 0 spiro atoms. The van der Waals surface area contributed by atoms with Crippen LogP contribution < -0.4 is 4.90 Å². The maximum atomic E-state index is 6.52. The molecule has 0 amide bonds. The van der Waals surface area contributed by atoms with Crippen LogP contribution in [0.15, 0.2) is 265 Å². The van der Waals surface area contributed by atoms with Crippen molar-refractivity contribution in [2.75, 3.05) is 4.90 Å². The summed E-state index contributed by atoms with van der Waals surface area (Å²) in [4.78, 5) is 2.54. The van der Waals surface area contributed by atoms with E-state index < -0.39 is 5.41 Å². The monoisotopic (exact) mass is 909 g/mol. The third-order valence-corrected chi connectivity index (χ3v) is 15.8. The summed E-state index contributed by atoms with van der Waals surface area (Å²) < 4.78 is 9.09. The van der Waals surface area contributed by atoms with E-state index >= 15 is 0 Å². The number of benzene rings is 11. The minimum absolute atomic E-state index is 0.577. The minimum Gasteiger partial charge on any atom is -0.456 e. The molecule has 3 heteroatoms. The van der Waals surface area contributed by atoms with Gasteiger partial charge < -0.3 is 9.32 Å². The van der Waals surface area contributed by atoms with Gasteiger partial charge in [-0.25, -0.2) is 0 Å². The average Bonchev–Trinajstić information content (AvgIpc) is 4.11. The molecule has 1 aliphatic rings. The van der Waals surface area contributed by atoms with Crippen LogP contribution in [0.2, 0.25) is 0 Å². The first-order chi connectivity index (χ1) is 34.7. The van der Waals surface area contributed by atoms with E-state index in [0.717, 1.165) is 50.1 Å². The van der Waals surface area contributed by atoms with Crippen LogP contribution in [0, 0.1) is 0 Å². The van der Waals surface area contributed by atoms with E-state index in [4.69, 9.17) is 4.42 Å². The fourth-order valence-corrected chi connectivity index (χ4v) is 12.9. The number of hydrogen-bond donors (Lipinski definition) is 0. The molecule has 2 heterocycles. The van der Waals surface area contributed by atoms with Crippen molar-refractivity contribution in [3.05, 3.63) is 283 Å². The summed E-state index contributed by atoms with van der Waals surface area (Å²) in [6.07, 6.45) is 0. The van der Waals surface area contributed by atoms with Gasteiger partial charge >= 0.3 is 0 Å². The summed E-state index contributed by atoms with van der Waals surface area (Å²) in [6, 6.07) is 95.8. The molecule has 0 aliphatic heterocycles. The van der Waals surface area contributed by atoms with Crippen LogP contribution in [-0.4, -0.2) is 0 Å². The van der Waals surface area contributed by atoms with Crippen LogP contribution >= 0.6 is 11.3 Å². The van der Waals surface area contributed by atoms with Crippen molar-refractivity contribution in [2.24, 2.45) is 0 Å². The van der Waals surface area contributed by atoms with E-state index in [2.05, 4.69) is 260 Å². The smallest absolute Gasteiger partial charge is 0.135 e. The number of para-hydroxylation sites is 1. The standard InChI is InChI=1S/C67H43NOS/c1-4-20-44(21-5-1)45-22-16-23-46(42-45)64-52(54-33-17-32-53-51-29-12-15-39-63(51)70-66(53)54)31-18-36-59(64)68(49-40-41-62-56(43-49)50-28-11-14-38-61(50)69-62)60-37-19-35-58-65(60)55-30-10-13-34-57(55)67(58,47-24-6-2-7-25-47)48-26-8-3-9-27-48/h1-43H. The number of nitrogens with zero attached hydrogens (tertiary/aromatic N) is 1. The summed E-state index contributed by atoms with van der Waals surface area (Å²) in [6.45, 7) is 0. The number of furan rings is 1. The van der Waals surface area contributed by atoms with Crippen molar-refractivity contribution in [1.82, 2.24) is 0 Å². The molecular weight excluding hydrogens is 867 g/mol. The predicted octanol–water partition coefficient (Wildman–Crippen LogP) is 18.8. The Morgan fingerprint density at radius 1 is 0.343 bits per heavy atom. The highest BCUT2D eigenvalue weighted by molar-refractivity contribution is 7.26. The maximum absolute atomic E-state index is 6.52. The van der Waals surface area contributed by atoms with Crippen LogP contribution in [0.4, 0.5) is 17.1 Å². The molecule has 70 heavy (non-hydrogen) atoms. The highest BCUT2D eigenvalue weighted by Gasteiger charge is 2.47. The first-order valence-corrected chi connectivity index (χ1v) is 24.8. The number of anilines is 3. The molecule has 0 radical (unpaired) electrons. The maximum Gasteiger partial charge on any atom is 0.135 e. The fraction of sp³-hybridized carbons (Fsp3) is 0.0149. The zero-order chi connectivity index (χ0) is 46.2. The quantitative estimate of drug-likeness (QED) is 0.151. The van der Waals surface area contributed by atoms with Gasteiger partial charge in [-0.15, -0.1) is 11.3 Å². The highest BCUT2D eigenvalue weighted by Crippen LogP contribution is 2.60. The number of thiophene rings is 1. The number of fused-ring (bicyclic) bond motifs is 9. The average molecular weight is 910 g/mol. The van der Waals surface area contributed by atoms with Gasteiger partial charge in [0.05, 0.1) is 16.8 Å². The van der Waals surface area contributed by atoms with Crippen LogP contribution in [0.3, 0.4) is 0 Å². The molecule has 328 valence electrons. The minimum atomic E-state index is -0.577. The Bertz CT molecular complexity index is 4090. The van der Waals surface area contributed by atoms with Gasteiger partial charge in [0.25, 0.3) is 0 Å². The van der Waals surface area contributed by atoms with Gasteiger partial charge in [0.2, 0.25) is 0 Å². The van der Waals surface area contributed by atoms with Crippen LogP contribution in [0.25, 0.3) is 86.6 Å². The Labute approximate surface area is 410 Å². The van der Waals surface area contributed by atoms with Gasteiger partial charge in [-0.05, 0) is 98.6 Å². The Morgan fingerprint density at radius 3 is 1.71 bits per heavy atom. The summed E-state index contributed by atoms with van der Waals surface area (Å²) >= 11 is 1.88. The summed E-state index contributed by atoms with van der Waals surface area (Å²) in [5.74, 6) is 0. The molecule has 13 aromatic rings.